The van der Waals surface area contributed by atoms with Crippen molar-refractivity contribution in [2.45, 2.75) is 13.1 Å². The second-order valence-corrected chi connectivity index (χ2v) is 7.98. The topological polar surface area (TPSA) is 64.6 Å². The number of anilines is 1. The molecule has 5 nitrogen and oxygen atoms in total. The lowest BCUT2D eigenvalue weighted by molar-refractivity contribution is -0.255. The van der Waals surface area contributed by atoms with Gasteiger partial charge in [0.2, 0.25) is 0 Å². The number of rotatable bonds is 7. The highest BCUT2D eigenvalue weighted by atomic mass is 35.5. The molecule has 3 aromatic carbocycles. The smallest absolute Gasteiger partial charge is 0.174 e. The molecule has 160 valence electrons. The summed E-state index contributed by atoms with van der Waals surface area (Å²) in [7, 11) is 1.55. The fraction of sp³-hybridized carbons (Fsp3) is 0.130. The van der Waals surface area contributed by atoms with Gasteiger partial charge in [-0.2, -0.15) is 0 Å². The highest BCUT2D eigenvalue weighted by Crippen LogP contribution is 2.27. The molecule has 0 bridgehead atoms. The van der Waals surface area contributed by atoms with E-state index < -0.39 is 5.97 Å². The molecule has 0 aromatic heterocycles. The first-order valence-corrected chi connectivity index (χ1v) is 10.5. The van der Waals surface area contributed by atoms with Crippen LogP contribution in [0.25, 0.3) is 0 Å². The summed E-state index contributed by atoms with van der Waals surface area (Å²) in [5.41, 5.74) is 2.77. The summed E-state index contributed by atoms with van der Waals surface area (Å²) >= 11 is 17.9. The molecule has 0 radical (unpaired) electrons. The van der Waals surface area contributed by atoms with E-state index in [1.54, 1.807) is 31.4 Å². The molecule has 0 spiro atoms. The minimum absolute atomic E-state index is 0.126. The van der Waals surface area contributed by atoms with Crippen molar-refractivity contribution in [3.63, 3.8) is 0 Å². The van der Waals surface area contributed by atoms with Gasteiger partial charge in [0.15, 0.2) is 5.11 Å². The average molecular weight is 474 g/mol. The third-order valence-electron chi connectivity index (χ3n) is 4.54. The number of halogens is 2. The van der Waals surface area contributed by atoms with E-state index in [9.17, 15) is 9.90 Å². The molecule has 0 unspecified atom stereocenters. The molecule has 1 N–H and O–H groups in total. The first kappa shape index (κ1) is 22.9. The molecule has 0 fully saturated rings. The average Bonchev–Trinajstić information content (AvgIpc) is 2.75. The highest BCUT2D eigenvalue weighted by Gasteiger charge is 2.13. The van der Waals surface area contributed by atoms with Crippen LogP contribution in [0.5, 0.6) is 5.75 Å². The number of methoxy groups -OCH3 is 1. The van der Waals surface area contributed by atoms with Gasteiger partial charge in [0.25, 0.3) is 0 Å². The zero-order chi connectivity index (χ0) is 22.4. The van der Waals surface area contributed by atoms with Gasteiger partial charge in [0.1, 0.15) is 5.75 Å². The zero-order valence-electron chi connectivity index (χ0n) is 16.6. The van der Waals surface area contributed by atoms with Crippen molar-refractivity contribution in [1.82, 2.24) is 4.90 Å². The van der Waals surface area contributed by atoms with Gasteiger partial charge in [0.05, 0.1) is 18.1 Å². The number of nitrogens with zero attached hydrogens (tertiary/aromatic N) is 1. The number of thiocarbonyl (C=S) groups is 1. The van der Waals surface area contributed by atoms with Crippen LogP contribution in [0, 0.1) is 0 Å². The van der Waals surface area contributed by atoms with Crippen LogP contribution in [0.1, 0.15) is 21.5 Å². The predicted octanol–water partition coefficient (Wildman–Crippen LogP) is 4.76. The van der Waals surface area contributed by atoms with E-state index >= 15 is 0 Å². The number of aromatic carboxylic acids is 1. The lowest BCUT2D eigenvalue weighted by Gasteiger charge is -2.26. The van der Waals surface area contributed by atoms with Crippen LogP contribution in [-0.4, -0.2) is 23.1 Å². The Morgan fingerprint density at radius 2 is 1.58 bits per heavy atom. The van der Waals surface area contributed by atoms with Crippen LogP contribution in [0.4, 0.5) is 5.69 Å². The Labute approximate surface area is 196 Å². The monoisotopic (exact) mass is 473 g/mol. The van der Waals surface area contributed by atoms with Crippen molar-refractivity contribution < 1.29 is 14.6 Å². The van der Waals surface area contributed by atoms with Crippen LogP contribution in [0.2, 0.25) is 10.0 Å². The number of carbonyl (C=O) groups is 1. The fourth-order valence-electron chi connectivity index (χ4n) is 2.92. The van der Waals surface area contributed by atoms with E-state index in [1.807, 2.05) is 35.2 Å². The van der Waals surface area contributed by atoms with Crippen molar-refractivity contribution in [3.8, 4) is 5.75 Å². The van der Waals surface area contributed by atoms with Crippen LogP contribution in [0.3, 0.4) is 0 Å². The summed E-state index contributed by atoms with van der Waals surface area (Å²) in [4.78, 5) is 13.0. The number of ether oxygens (including phenoxy) is 1. The maximum absolute atomic E-state index is 11.0. The molecule has 8 heteroatoms. The normalized spacial score (nSPS) is 10.4. The van der Waals surface area contributed by atoms with Crippen LogP contribution in [0.15, 0.2) is 66.7 Å². The quantitative estimate of drug-likeness (QED) is 0.498. The molecule has 0 heterocycles. The Bertz CT molecular complexity index is 1070. The van der Waals surface area contributed by atoms with Gasteiger partial charge < -0.3 is 24.9 Å². The van der Waals surface area contributed by atoms with Gasteiger partial charge in [-0.1, -0.05) is 59.6 Å². The summed E-state index contributed by atoms with van der Waals surface area (Å²) in [6.07, 6.45) is 0. The fourth-order valence-corrected chi connectivity index (χ4v) is 3.55. The first-order valence-electron chi connectivity index (χ1n) is 9.30. The van der Waals surface area contributed by atoms with E-state index in [4.69, 9.17) is 40.2 Å². The van der Waals surface area contributed by atoms with Gasteiger partial charge in [0, 0.05) is 23.8 Å². The van der Waals surface area contributed by atoms with Crippen molar-refractivity contribution in [3.05, 3.63) is 93.5 Å². The molecule has 0 saturated heterocycles. The second-order valence-electron chi connectivity index (χ2n) is 6.75. The molecule has 0 saturated carbocycles. The van der Waals surface area contributed by atoms with Crippen LogP contribution < -0.4 is 15.2 Å². The number of hydrogen-bond donors (Lipinski definition) is 1. The zero-order valence-corrected chi connectivity index (χ0v) is 18.9. The number of hydrogen-bond acceptors (Lipinski definition) is 4. The van der Waals surface area contributed by atoms with Gasteiger partial charge in [-0.15, -0.1) is 0 Å². The van der Waals surface area contributed by atoms with Crippen molar-refractivity contribution in [1.29, 1.82) is 0 Å². The van der Waals surface area contributed by atoms with Crippen LogP contribution >= 0.6 is 35.4 Å². The van der Waals surface area contributed by atoms with Gasteiger partial charge in [-0.3, -0.25) is 0 Å². The van der Waals surface area contributed by atoms with E-state index in [1.165, 1.54) is 12.1 Å². The molecule has 31 heavy (non-hydrogen) atoms. The van der Waals surface area contributed by atoms with Gasteiger partial charge in [-0.25, -0.2) is 0 Å². The molecular weight excluding hydrogens is 455 g/mol. The molecular formula is C23H19Cl2N2O3S-. The Kier molecular flexibility index (Phi) is 7.74. The molecule has 0 amide bonds. The van der Waals surface area contributed by atoms with E-state index in [2.05, 4.69) is 5.32 Å². The SMILES string of the molecule is COc1ccc(NC(=S)N(Cc2ccc(Cl)cc2)Cc2ccc(C(=O)[O-])cc2)cc1Cl. The first-order chi connectivity index (χ1) is 14.9. The minimum atomic E-state index is -1.21. The Morgan fingerprint density at radius 1 is 1.00 bits per heavy atom. The van der Waals surface area contributed by atoms with E-state index in [-0.39, 0.29) is 5.56 Å². The number of benzene rings is 3. The Hall–Kier alpha value is -2.80. The predicted molar refractivity (Wildman–Crippen MR) is 126 cm³/mol. The van der Waals surface area contributed by atoms with Crippen molar-refractivity contribution in [2.24, 2.45) is 0 Å². The molecule has 3 rings (SSSR count). The number of carboxylic acids is 1. The van der Waals surface area contributed by atoms with E-state index in [0.717, 1.165) is 16.8 Å². The minimum Gasteiger partial charge on any atom is -0.545 e. The van der Waals surface area contributed by atoms with Gasteiger partial charge >= 0.3 is 0 Å². The maximum Gasteiger partial charge on any atom is 0.174 e. The molecule has 0 atom stereocenters. The maximum atomic E-state index is 11.0. The van der Waals surface area contributed by atoms with E-state index in [0.29, 0.717) is 34.0 Å². The standard InChI is InChI=1S/C23H20Cl2N2O3S/c1-30-21-11-10-19(12-20(21)25)26-23(31)27(14-16-4-8-18(24)9-5-16)13-15-2-6-17(7-3-15)22(28)29/h2-12H,13-14H2,1H3,(H,26,31)(H,28,29)/p-1. The molecule has 0 aliphatic rings. The lowest BCUT2D eigenvalue weighted by atomic mass is 10.1. The summed E-state index contributed by atoms with van der Waals surface area (Å²) in [5.74, 6) is -0.637. The Balaban J connectivity index is 1.81. The molecule has 3 aromatic rings. The van der Waals surface area contributed by atoms with Gasteiger partial charge in [-0.05, 0) is 59.2 Å². The number of nitrogens with one attached hydrogen (secondary N) is 1. The summed E-state index contributed by atoms with van der Waals surface area (Å²) < 4.78 is 5.19. The molecule has 0 aliphatic carbocycles. The second kappa shape index (κ2) is 10.5. The third-order valence-corrected chi connectivity index (χ3v) is 5.45. The summed E-state index contributed by atoms with van der Waals surface area (Å²) in [6, 6.07) is 19.4. The third kappa shape index (κ3) is 6.34. The van der Waals surface area contributed by atoms with Crippen molar-refractivity contribution >= 4 is 52.2 Å². The molecule has 0 aliphatic heterocycles. The Morgan fingerprint density at radius 3 is 2.10 bits per heavy atom. The summed E-state index contributed by atoms with van der Waals surface area (Å²) in [5, 5.41) is 15.8. The highest BCUT2D eigenvalue weighted by molar-refractivity contribution is 7.80. The van der Waals surface area contributed by atoms with Crippen LogP contribution in [-0.2, 0) is 13.1 Å². The summed E-state index contributed by atoms with van der Waals surface area (Å²) in [6.45, 7) is 0.987. The largest absolute Gasteiger partial charge is 0.545 e. The number of carbonyl (C=O) groups excluding carboxylic acids is 1. The lowest BCUT2D eigenvalue weighted by Crippen LogP contribution is -2.33. The number of carboxylic acid groups (broad SMARTS) is 1. The van der Waals surface area contributed by atoms with Crippen molar-refractivity contribution in [2.75, 3.05) is 12.4 Å².